The minimum Gasteiger partial charge on any atom is -0.465 e. The summed E-state index contributed by atoms with van der Waals surface area (Å²) in [6.45, 7) is 6.61. The molecule has 0 unspecified atom stereocenters. The Morgan fingerprint density at radius 1 is 1.26 bits per heavy atom. The van der Waals surface area contributed by atoms with E-state index in [9.17, 15) is 4.79 Å². The molecule has 0 fully saturated rings. The highest BCUT2D eigenvalue weighted by Crippen LogP contribution is 2.18. The summed E-state index contributed by atoms with van der Waals surface area (Å²) < 4.78 is 10.5. The molecule has 0 saturated carbocycles. The highest BCUT2D eigenvalue weighted by molar-refractivity contribution is 5.78. The lowest BCUT2D eigenvalue weighted by Crippen LogP contribution is -2.18. The molecule has 2 aromatic rings. The van der Waals surface area contributed by atoms with Gasteiger partial charge < -0.3 is 9.15 Å². The van der Waals surface area contributed by atoms with Gasteiger partial charge in [0.25, 0.3) is 0 Å². The molecule has 102 valence electrons. The molecule has 0 spiro atoms. The van der Waals surface area contributed by atoms with Crippen LogP contribution in [0, 0.1) is 5.41 Å². The SMILES string of the molecule is CC(C)(C)COC(=O)CCc1ccc2occc2c1. The van der Waals surface area contributed by atoms with Gasteiger partial charge in [-0.2, -0.15) is 0 Å². The lowest BCUT2D eigenvalue weighted by atomic mass is 9.99. The summed E-state index contributed by atoms with van der Waals surface area (Å²) in [5.41, 5.74) is 2.02. The van der Waals surface area contributed by atoms with Crippen LogP contribution in [0.15, 0.2) is 34.9 Å². The lowest BCUT2D eigenvalue weighted by Gasteiger charge is -2.17. The van der Waals surface area contributed by atoms with Gasteiger partial charge in [-0.15, -0.1) is 0 Å². The number of hydrogen-bond donors (Lipinski definition) is 0. The molecule has 1 heterocycles. The molecule has 3 nitrogen and oxygen atoms in total. The first kappa shape index (κ1) is 13.7. The first-order chi connectivity index (χ1) is 8.94. The summed E-state index contributed by atoms with van der Waals surface area (Å²) in [5.74, 6) is -0.137. The fourth-order valence-electron chi connectivity index (χ4n) is 1.79. The van der Waals surface area contributed by atoms with Crippen LogP contribution in [0.5, 0.6) is 0 Å². The number of carbonyl (C=O) groups is 1. The lowest BCUT2D eigenvalue weighted by molar-refractivity contribution is -0.146. The summed E-state index contributed by atoms with van der Waals surface area (Å²) in [5, 5.41) is 1.07. The molecule has 1 aromatic carbocycles. The van der Waals surface area contributed by atoms with Crippen molar-refractivity contribution in [2.24, 2.45) is 5.41 Å². The Hall–Kier alpha value is -1.77. The Bertz CT molecular complexity index is 561. The maximum atomic E-state index is 11.6. The predicted octanol–water partition coefficient (Wildman–Crippen LogP) is 3.95. The van der Waals surface area contributed by atoms with E-state index in [1.807, 2.05) is 39.0 Å². The van der Waals surface area contributed by atoms with Crippen molar-refractivity contribution in [3.8, 4) is 0 Å². The zero-order valence-corrected chi connectivity index (χ0v) is 11.7. The van der Waals surface area contributed by atoms with Gasteiger partial charge in [-0.3, -0.25) is 4.79 Å². The van der Waals surface area contributed by atoms with Gasteiger partial charge in [0.15, 0.2) is 0 Å². The molecule has 1 aromatic heterocycles. The number of carbonyl (C=O) groups excluding carboxylic acids is 1. The normalized spacial score (nSPS) is 11.7. The molecule has 0 bridgehead atoms. The molecule has 0 aliphatic heterocycles. The number of aryl methyl sites for hydroxylation is 1. The van der Waals surface area contributed by atoms with Crippen molar-refractivity contribution in [2.75, 3.05) is 6.61 Å². The average molecular weight is 260 g/mol. The quantitative estimate of drug-likeness (QED) is 0.781. The maximum absolute atomic E-state index is 11.6. The Labute approximate surface area is 113 Å². The summed E-state index contributed by atoms with van der Waals surface area (Å²) in [6, 6.07) is 7.90. The van der Waals surface area contributed by atoms with Gasteiger partial charge in [0.1, 0.15) is 5.58 Å². The fourth-order valence-corrected chi connectivity index (χ4v) is 1.79. The number of benzene rings is 1. The summed E-state index contributed by atoms with van der Waals surface area (Å²) in [7, 11) is 0. The highest BCUT2D eigenvalue weighted by atomic mass is 16.5. The van der Waals surface area contributed by atoms with Crippen molar-refractivity contribution in [1.29, 1.82) is 0 Å². The van der Waals surface area contributed by atoms with Crippen molar-refractivity contribution in [2.45, 2.75) is 33.6 Å². The Balaban J connectivity index is 1.86. The largest absolute Gasteiger partial charge is 0.465 e. The van der Waals surface area contributed by atoms with Gasteiger partial charge in [-0.1, -0.05) is 26.8 Å². The van der Waals surface area contributed by atoms with Crippen LogP contribution >= 0.6 is 0 Å². The second kappa shape index (κ2) is 5.47. The van der Waals surface area contributed by atoms with Crippen molar-refractivity contribution in [3.05, 3.63) is 36.1 Å². The number of ether oxygens (including phenoxy) is 1. The van der Waals surface area contributed by atoms with Gasteiger partial charge in [-0.05, 0) is 35.6 Å². The summed E-state index contributed by atoms with van der Waals surface area (Å²) in [4.78, 5) is 11.6. The van der Waals surface area contributed by atoms with E-state index in [2.05, 4.69) is 6.07 Å². The Kier molecular flexibility index (Phi) is 3.93. The van der Waals surface area contributed by atoms with Crippen LogP contribution < -0.4 is 0 Å². The average Bonchev–Trinajstić information content (AvgIpc) is 2.80. The van der Waals surface area contributed by atoms with E-state index in [-0.39, 0.29) is 11.4 Å². The smallest absolute Gasteiger partial charge is 0.306 e. The second-order valence-corrected chi connectivity index (χ2v) is 6.01. The molecule has 0 amide bonds. The van der Waals surface area contributed by atoms with E-state index in [1.165, 1.54) is 0 Å². The van der Waals surface area contributed by atoms with Crippen LogP contribution in [-0.4, -0.2) is 12.6 Å². The molecule has 0 saturated heterocycles. The third kappa shape index (κ3) is 4.12. The first-order valence-corrected chi connectivity index (χ1v) is 6.56. The molecule has 0 aliphatic carbocycles. The highest BCUT2D eigenvalue weighted by Gasteiger charge is 2.13. The van der Waals surface area contributed by atoms with Crippen molar-refractivity contribution < 1.29 is 13.9 Å². The minimum absolute atomic E-state index is 0.0192. The van der Waals surface area contributed by atoms with Crippen LogP contribution in [0.1, 0.15) is 32.8 Å². The zero-order valence-electron chi connectivity index (χ0n) is 11.7. The van der Waals surface area contributed by atoms with E-state index in [1.54, 1.807) is 6.26 Å². The number of hydrogen-bond acceptors (Lipinski definition) is 3. The van der Waals surface area contributed by atoms with Crippen molar-refractivity contribution in [1.82, 2.24) is 0 Å². The van der Waals surface area contributed by atoms with Crippen LogP contribution in [0.25, 0.3) is 11.0 Å². The van der Waals surface area contributed by atoms with E-state index < -0.39 is 0 Å². The molecule has 2 rings (SSSR count). The van der Waals surface area contributed by atoms with Crippen molar-refractivity contribution in [3.63, 3.8) is 0 Å². The second-order valence-electron chi connectivity index (χ2n) is 6.01. The van der Waals surface area contributed by atoms with Crippen LogP contribution in [0.4, 0.5) is 0 Å². The Morgan fingerprint density at radius 2 is 2.05 bits per heavy atom. The standard InChI is InChI=1S/C16H20O3/c1-16(2,3)11-19-15(17)7-5-12-4-6-14-13(10-12)8-9-18-14/h4,6,8-10H,5,7,11H2,1-3H3. The van der Waals surface area contributed by atoms with Crippen LogP contribution in [0.3, 0.4) is 0 Å². The van der Waals surface area contributed by atoms with E-state index in [0.717, 1.165) is 16.5 Å². The van der Waals surface area contributed by atoms with Gasteiger partial charge in [0, 0.05) is 11.8 Å². The van der Waals surface area contributed by atoms with Gasteiger partial charge in [-0.25, -0.2) is 0 Å². The Morgan fingerprint density at radius 3 is 2.79 bits per heavy atom. The molecule has 0 radical (unpaired) electrons. The zero-order chi connectivity index (χ0) is 13.9. The first-order valence-electron chi connectivity index (χ1n) is 6.56. The number of fused-ring (bicyclic) bond motifs is 1. The minimum atomic E-state index is -0.137. The molecule has 0 aliphatic rings. The number of furan rings is 1. The molecule has 19 heavy (non-hydrogen) atoms. The fraction of sp³-hybridized carbons (Fsp3) is 0.438. The maximum Gasteiger partial charge on any atom is 0.306 e. The third-order valence-corrected chi connectivity index (χ3v) is 2.80. The van der Waals surface area contributed by atoms with E-state index in [4.69, 9.17) is 9.15 Å². The summed E-state index contributed by atoms with van der Waals surface area (Å²) >= 11 is 0. The van der Waals surface area contributed by atoms with E-state index in [0.29, 0.717) is 19.4 Å². The molecule has 3 heteroatoms. The van der Waals surface area contributed by atoms with Gasteiger partial charge in [0.05, 0.1) is 12.9 Å². The van der Waals surface area contributed by atoms with Gasteiger partial charge in [0.2, 0.25) is 0 Å². The van der Waals surface area contributed by atoms with E-state index >= 15 is 0 Å². The van der Waals surface area contributed by atoms with Crippen molar-refractivity contribution >= 4 is 16.9 Å². The van der Waals surface area contributed by atoms with Crippen LogP contribution in [0.2, 0.25) is 0 Å². The predicted molar refractivity (Wildman–Crippen MR) is 74.9 cm³/mol. The molecule has 0 N–H and O–H groups in total. The topological polar surface area (TPSA) is 39.4 Å². The molecule has 0 atom stereocenters. The monoisotopic (exact) mass is 260 g/mol. The van der Waals surface area contributed by atoms with Crippen LogP contribution in [-0.2, 0) is 16.0 Å². The number of esters is 1. The number of rotatable bonds is 4. The van der Waals surface area contributed by atoms with Gasteiger partial charge >= 0.3 is 5.97 Å². The molecular weight excluding hydrogens is 240 g/mol. The summed E-state index contributed by atoms with van der Waals surface area (Å²) in [6.07, 6.45) is 2.79. The third-order valence-electron chi connectivity index (χ3n) is 2.80. The molecular formula is C16H20O3.